The van der Waals surface area contributed by atoms with Crippen molar-refractivity contribution in [3.8, 4) is 33.8 Å². The first-order chi connectivity index (χ1) is 25.3. The Labute approximate surface area is 299 Å². The number of fused-ring (bicyclic) bond motifs is 9. The van der Waals surface area contributed by atoms with Crippen molar-refractivity contribution in [3.05, 3.63) is 216 Å². The van der Waals surface area contributed by atoms with Gasteiger partial charge in [-0.2, -0.15) is 0 Å². The minimum Gasteiger partial charge on any atom is -0.457 e. The Morgan fingerprint density at radius 3 is 1.65 bits per heavy atom. The Morgan fingerprint density at radius 1 is 0.431 bits per heavy atom. The van der Waals surface area contributed by atoms with Crippen molar-refractivity contribution >= 4 is 22.6 Å². The molecule has 0 bridgehead atoms. The van der Waals surface area contributed by atoms with E-state index in [0.717, 1.165) is 41.4 Å². The number of allylic oxidation sites excluding steroid dienone is 4. The van der Waals surface area contributed by atoms with Crippen molar-refractivity contribution in [1.29, 1.82) is 0 Å². The molecule has 0 N–H and O–H groups in total. The number of ether oxygens (including phenoxy) is 1. The highest BCUT2D eigenvalue weighted by molar-refractivity contribution is 5.91. The molecule has 0 unspecified atom stereocenters. The molecule has 0 amide bonds. The van der Waals surface area contributed by atoms with Crippen molar-refractivity contribution in [2.75, 3.05) is 4.90 Å². The second-order valence-corrected chi connectivity index (χ2v) is 13.6. The van der Waals surface area contributed by atoms with E-state index in [1.807, 2.05) is 0 Å². The summed E-state index contributed by atoms with van der Waals surface area (Å²) in [5.41, 5.74) is 15.2. The first kappa shape index (κ1) is 29.5. The second-order valence-electron chi connectivity index (χ2n) is 13.6. The monoisotopic (exact) mass is 653 g/mol. The molecule has 0 fully saturated rings. The van der Waals surface area contributed by atoms with Gasteiger partial charge in [0.2, 0.25) is 0 Å². The summed E-state index contributed by atoms with van der Waals surface area (Å²) in [6, 6.07) is 61.7. The minimum atomic E-state index is -0.528. The van der Waals surface area contributed by atoms with Crippen LogP contribution < -0.4 is 9.64 Å². The third-order valence-corrected chi connectivity index (χ3v) is 10.8. The maximum atomic E-state index is 6.60. The molecule has 2 heteroatoms. The standard InChI is InChI=1S/C49H35NO/c1-3-13-34(14-4-1)36-23-27-38(28-24-36)50(39-29-25-37(26-30-39)35-15-5-2-6-16-35)40-31-32-42-41-17-7-8-18-43(41)49(46(42)33-40)44-19-9-11-21-47(44)51-48-22-12-10-20-45(48)49/h1,3-5,7-33H,2,6H2. The van der Waals surface area contributed by atoms with Crippen LogP contribution in [0.15, 0.2) is 188 Å². The van der Waals surface area contributed by atoms with Gasteiger partial charge in [0.15, 0.2) is 0 Å². The summed E-state index contributed by atoms with van der Waals surface area (Å²) in [6.45, 7) is 0. The molecule has 1 spiro atoms. The number of anilines is 3. The van der Waals surface area contributed by atoms with Gasteiger partial charge < -0.3 is 9.64 Å². The number of benzene rings is 7. The number of hydrogen-bond acceptors (Lipinski definition) is 2. The van der Waals surface area contributed by atoms with Crippen LogP contribution in [0.3, 0.4) is 0 Å². The number of hydrogen-bond donors (Lipinski definition) is 0. The highest BCUT2D eigenvalue weighted by Gasteiger charge is 2.51. The van der Waals surface area contributed by atoms with Crippen molar-refractivity contribution < 1.29 is 4.74 Å². The van der Waals surface area contributed by atoms with E-state index in [1.54, 1.807) is 0 Å². The summed E-state index contributed by atoms with van der Waals surface area (Å²) in [4.78, 5) is 2.40. The molecule has 1 aliphatic heterocycles. The van der Waals surface area contributed by atoms with Crippen molar-refractivity contribution in [2.45, 2.75) is 18.3 Å². The van der Waals surface area contributed by atoms with Gasteiger partial charge in [0.05, 0.1) is 5.41 Å². The smallest absolute Gasteiger partial charge is 0.132 e. The predicted molar refractivity (Wildman–Crippen MR) is 210 cm³/mol. The van der Waals surface area contributed by atoms with E-state index < -0.39 is 5.41 Å². The molecule has 0 atom stereocenters. The fraction of sp³-hybridized carbons (Fsp3) is 0.0612. The Hall–Kier alpha value is -6.38. The molecule has 1 heterocycles. The summed E-state index contributed by atoms with van der Waals surface area (Å²) in [5.74, 6) is 1.80. The molecule has 2 nitrogen and oxygen atoms in total. The van der Waals surface area contributed by atoms with Crippen LogP contribution in [0.1, 0.15) is 40.7 Å². The van der Waals surface area contributed by atoms with Crippen molar-refractivity contribution in [2.24, 2.45) is 0 Å². The van der Waals surface area contributed by atoms with Crippen LogP contribution >= 0.6 is 0 Å². The minimum absolute atomic E-state index is 0.528. The van der Waals surface area contributed by atoms with E-state index in [2.05, 4.69) is 193 Å². The molecule has 51 heavy (non-hydrogen) atoms. The van der Waals surface area contributed by atoms with Crippen LogP contribution in [0.5, 0.6) is 11.5 Å². The van der Waals surface area contributed by atoms with Gasteiger partial charge >= 0.3 is 0 Å². The van der Waals surface area contributed by atoms with E-state index in [0.29, 0.717) is 0 Å². The third kappa shape index (κ3) is 4.64. The maximum Gasteiger partial charge on any atom is 0.132 e. The molecule has 0 saturated heterocycles. The van der Waals surface area contributed by atoms with Crippen LogP contribution in [0.25, 0.3) is 27.8 Å². The first-order valence-corrected chi connectivity index (χ1v) is 17.8. The largest absolute Gasteiger partial charge is 0.457 e. The highest BCUT2D eigenvalue weighted by atomic mass is 16.5. The van der Waals surface area contributed by atoms with Crippen LogP contribution in [-0.4, -0.2) is 0 Å². The first-order valence-electron chi connectivity index (χ1n) is 17.8. The van der Waals surface area contributed by atoms with E-state index in [9.17, 15) is 0 Å². The molecule has 2 aliphatic carbocycles. The molecular weight excluding hydrogens is 619 g/mol. The highest BCUT2D eigenvalue weighted by Crippen LogP contribution is 2.62. The molecule has 242 valence electrons. The normalized spacial score (nSPS) is 14.5. The molecular formula is C49H35NO. The van der Waals surface area contributed by atoms with Crippen LogP contribution in [0.4, 0.5) is 17.1 Å². The van der Waals surface area contributed by atoms with Gasteiger partial charge in [-0.15, -0.1) is 0 Å². The third-order valence-electron chi connectivity index (χ3n) is 10.8. The van der Waals surface area contributed by atoms with Gasteiger partial charge in [0.25, 0.3) is 0 Å². The van der Waals surface area contributed by atoms with Gasteiger partial charge in [-0.3, -0.25) is 0 Å². The van der Waals surface area contributed by atoms with Gasteiger partial charge in [0, 0.05) is 28.2 Å². The Bertz CT molecular complexity index is 2440. The Balaban J connectivity index is 1.19. The zero-order chi connectivity index (χ0) is 33.8. The summed E-state index contributed by atoms with van der Waals surface area (Å²) in [7, 11) is 0. The zero-order valence-corrected chi connectivity index (χ0v) is 28.2. The molecule has 0 radical (unpaired) electrons. The predicted octanol–water partition coefficient (Wildman–Crippen LogP) is 13.0. The van der Waals surface area contributed by atoms with Gasteiger partial charge in [-0.25, -0.2) is 0 Å². The number of para-hydroxylation sites is 2. The van der Waals surface area contributed by atoms with E-state index in [1.165, 1.54) is 55.6 Å². The quantitative estimate of drug-likeness (QED) is 0.183. The van der Waals surface area contributed by atoms with Crippen molar-refractivity contribution in [3.63, 3.8) is 0 Å². The van der Waals surface area contributed by atoms with Gasteiger partial charge in [-0.05, 0) is 106 Å². The summed E-state index contributed by atoms with van der Waals surface area (Å²) < 4.78 is 6.60. The average molecular weight is 654 g/mol. The van der Waals surface area contributed by atoms with Crippen LogP contribution in [0, 0.1) is 0 Å². The number of rotatable bonds is 5. The average Bonchev–Trinajstić information content (AvgIpc) is 3.49. The zero-order valence-electron chi connectivity index (χ0n) is 28.2. The van der Waals surface area contributed by atoms with E-state index in [-0.39, 0.29) is 0 Å². The van der Waals surface area contributed by atoms with E-state index >= 15 is 0 Å². The second kappa shape index (κ2) is 11.9. The molecule has 7 aromatic carbocycles. The lowest BCUT2D eigenvalue weighted by Gasteiger charge is -2.39. The molecule has 3 aliphatic rings. The lowest BCUT2D eigenvalue weighted by molar-refractivity contribution is 0.436. The number of nitrogens with zero attached hydrogens (tertiary/aromatic N) is 1. The lowest BCUT2D eigenvalue weighted by Crippen LogP contribution is -2.32. The summed E-state index contributed by atoms with van der Waals surface area (Å²) in [6.07, 6.45) is 9.06. The van der Waals surface area contributed by atoms with Crippen LogP contribution in [0.2, 0.25) is 0 Å². The molecule has 7 aromatic rings. The topological polar surface area (TPSA) is 12.5 Å². The SMILES string of the molecule is C1=CC(c2ccc(N(c3ccc(-c4ccccc4)cc3)c3ccc4c(c3)C3(c5ccccc5Oc5ccccc53)c3ccccc3-4)cc2)=CCC1. The van der Waals surface area contributed by atoms with Gasteiger partial charge in [0.1, 0.15) is 11.5 Å². The van der Waals surface area contributed by atoms with Gasteiger partial charge in [-0.1, -0.05) is 140 Å². The van der Waals surface area contributed by atoms with Crippen molar-refractivity contribution in [1.82, 2.24) is 0 Å². The maximum absolute atomic E-state index is 6.60. The van der Waals surface area contributed by atoms with Crippen LogP contribution in [-0.2, 0) is 5.41 Å². The molecule has 0 saturated carbocycles. The molecule has 10 rings (SSSR count). The lowest BCUT2D eigenvalue weighted by atomic mass is 9.66. The fourth-order valence-electron chi connectivity index (χ4n) is 8.49. The Morgan fingerprint density at radius 2 is 0.980 bits per heavy atom. The summed E-state index contributed by atoms with van der Waals surface area (Å²) in [5, 5.41) is 0. The molecule has 0 aromatic heterocycles. The summed E-state index contributed by atoms with van der Waals surface area (Å²) >= 11 is 0. The Kier molecular flexibility index (Phi) is 6.89. The van der Waals surface area contributed by atoms with E-state index in [4.69, 9.17) is 4.74 Å². The fourth-order valence-corrected chi connectivity index (χ4v) is 8.49.